The molecule has 1 amide bonds. The van der Waals surface area contributed by atoms with Gasteiger partial charge in [-0.3, -0.25) is 9.88 Å². The highest BCUT2D eigenvalue weighted by atomic mass is 16.6. The van der Waals surface area contributed by atoms with Gasteiger partial charge in [-0.2, -0.15) is 0 Å². The molecule has 3 heterocycles. The van der Waals surface area contributed by atoms with E-state index in [1.165, 1.54) is 0 Å². The van der Waals surface area contributed by atoms with Crippen LogP contribution in [0.4, 0.5) is 16.2 Å². The zero-order valence-corrected chi connectivity index (χ0v) is 20.9. The van der Waals surface area contributed by atoms with E-state index in [0.717, 1.165) is 57.9 Å². The second kappa shape index (κ2) is 9.54. The Bertz CT molecular complexity index is 1180. The molecule has 8 heteroatoms. The average Bonchev–Trinajstić information content (AvgIpc) is 3.26. The molecule has 2 aromatic heterocycles. The Morgan fingerprint density at radius 3 is 2.65 bits per heavy atom. The van der Waals surface area contributed by atoms with Crippen LogP contribution in [-0.4, -0.2) is 55.1 Å². The summed E-state index contributed by atoms with van der Waals surface area (Å²) >= 11 is 0. The van der Waals surface area contributed by atoms with Gasteiger partial charge >= 0.3 is 6.09 Å². The van der Waals surface area contributed by atoms with E-state index in [1.807, 2.05) is 46.9 Å². The largest absolute Gasteiger partial charge is 0.496 e. The molecule has 8 nitrogen and oxygen atoms in total. The molecule has 34 heavy (non-hydrogen) atoms. The van der Waals surface area contributed by atoms with Crippen molar-refractivity contribution in [2.24, 2.45) is 0 Å². The quantitative estimate of drug-likeness (QED) is 0.572. The van der Waals surface area contributed by atoms with Crippen molar-refractivity contribution < 1.29 is 19.0 Å². The Morgan fingerprint density at radius 1 is 1.24 bits per heavy atom. The molecule has 0 aliphatic carbocycles. The number of hydrogen-bond donors (Lipinski definition) is 1. The van der Waals surface area contributed by atoms with Crippen LogP contribution in [0.1, 0.15) is 37.6 Å². The summed E-state index contributed by atoms with van der Waals surface area (Å²) in [6.07, 6.45) is 3.28. The van der Waals surface area contributed by atoms with E-state index in [9.17, 15) is 4.79 Å². The monoisotopic (exact) mass is 466 g/mol. The van der Waals surface area contributed by atoms with E-state index < -0.39 is 11.7 Å². The number of aryl methyl sites for hydroxylation is 1. The fourth-order valence-electron chi connectivity index (χ4n) is 4.31. The minimum Gasteiger partial charge on any atom is -0.496 e. The fraction of sp³-hybridized carbons (Fsp3) is 0.462. The topological polar surface area (TPSA) is 79.9 Å². The van der Waals surface area contributed by atoms with E-state index in [0.29, 0.717) is 13.2 Å². The Hall–Kier alpha value is -3.26. The van der Waals surface area contributed by atoms with Crippen LogP contribution in [-0.2, 0) is 16.0 Å². The molecule has 1 aliphatic rings. The standard InChI is InChI=1S/C26H34N4O4/c1-17-15-28-22(18(2)24(17)32-6)16-30(25(31)34-26(3,4)5)19-13-21-20(7-8-27-21)23(14-19)29-9-11-33-12-10-29/h7-8,13-15,27H,9-12,16H2,1-6H3. The number of anilines is 2. The van der Waals surface area contributed by atoms with Crippen LogP contribution < -0.4 is 14.5 Å². The number of pyridine rings is 1. The summed E-state index contributed by atoms with van der Waals surface area (Å²) in [5, 5.41) is 1.11. The van der Waals surface area contributed by atoms with Crippen molar-refractivity contribution in [2.45, 2.75) is 46.8 Å². The smallest absolute Gasteiger partial charge is 0.415 e. The minimum absolute atomic E-state index is 0.256. The maximum atomic E-state index is 13.5. The lowest BCUT2D eigenvalue weighted by Gasteiger charge is -2.32. The van der Waals surface area contributed by atoms with Gasteiger partial charge in [-0.1, -0.05) is 0 Å². The van der Waals surface area contributed by atoms with Gasteiger partial charge in [0, 0.05) is 53.2 Å². The lowest BCUT2D eigenvalue weighted by Crippen LogP contribution is -2.38. The van der Waals surface area contributed by atoms with Crippen molar-refractivity contribution in [3.63, 3.8) is 0 Å². The summed E-state index contributed by atoms with van der Waals surface area (Å²) in [7, 11) is 1.65. The molecule has 1 aromatic carbocycles. The third-order valence-corrected chi connectivity index (χ3v) is 5.97. The van der Waals surface area contributed by atoms with Crippen LogP contribution in [0.25, 0.3) is 10.9 Å². The highest BCUT2D eigenvalue weighted by molar-refractivity contribution is 5.99. The number of ether oxygens (including phenoxy) is 3. The van der Waals surface area contributed by atoms with Gasteiger partial charge in [0.05, 0.1) is 38.2 Å². The molecule has 1 N–H and O–H groups in total. The van der Waals surface area contributed by atoms with E-state index in [4.69, 9.17) is 14.2 Å². The second-order valence-electron chi connectivity index (χ2n) is 9.62. The highest BCUT2D eigenvalue weighted by Gasteiger charge is 2.27. The number of carbonyl (C=O) groups is 1. The Morgan fingerprint density at radius 2 is 1.97 bits per heavy atom. The average molecular weight is 467 g/mol. The van der Waals surface area contributed by atoms with Crippen molar-refractivity contribution >= 4 is 28.4 Å². The number of amides is 1. The van der Waals surface area contributed by atoms with Crippen molar-refractivity contribution in [1.82, 2.24) is 9.97 Å². The van der Waals surface area contributed by atoms with Gasteiger partial charge in [0.1, 0.15) is 11.4 Å². The van der Waals surface area contributed by atoms with Crippen LogP contribution in [0.2, 0.25) is 0 Å². The maximum absolute atomic E-state index is 13.5. The molecule has 0 unspecified atom stereocenters. The fourth-order valence-corrected chi connectivity index (χ4v) is 4.31. The zero-order valence-electron chi connectivity index (χ0n) is 20.9. The molecule has 0 saturated carbocycles. The maximum Gasteiger partial charge on any atom is 0.415 e. The predicted octanol–water partition coefficient (Wildman–Crippen LogP) is 4.97. The van der Waals surface area contributed by atoms with Crippen LogP contribution in [0.3, 0.4) is 0 Å². The number of aromatic nitrogens is 2. The number of benzene rings is 1. The number of hydrogen-bond acceptors (Lipinski definition) is 6. The van der Waals surface area contributed by atoms with E-state index in [-0.39, 0.29) is 6.54 Å². The van der Waals surface area contributed by atoms with Crippen molar-refractivity contribution in [1.29, 1.82) is 0 Å². The van der Waals surface area contributed by atoms with Gasteiger partial charge in [0.15, 0.2) is 0 Å². The summed E-state index contributed by atoms with van der Waals surface area (Å²) in [6, 6.07) is 6.12. The van der Waals surface area contributed by atoms with Gasteiger partial charge in [-0.15, -0.1) is 0 Å². The van der Waals surface area contributed by atoms with Crippen molar-refractivity contribution in [3.05, 3.63) is 47.4 Å². The SMILES string of the molecule is COc1c(C)cnc(CN(C(=O)OC(C)(C)C)c2cc(N3CCOCC3)c3cc[nH]c3c2)c1C. The number of H-pyrrole nitrogens is 1. The Labute approximate surface area is 200 Å². The summed E-state index contributed by atoms with van der Waals surface area (Å²) in [4.78, 5) is 25.4. The third-order valence-electron chi connectivity index (χ3n) is 5.97. The molecular weight excluding hydrogens is 432 g/mol. The third kappa shape index (κ3) is 4.97. The first-order valence-corrected chi connectivity index (χ1v) is 11.6. The molecule has 3 aromatic rings. The first-order chi connectivity index (χ1) is 16.2. The zero-order chi connectivity index (χ0) is 24.5. The first kappa shape index (κ1) is 23.9. The summed E-state index contributed by atoms with van der Waals surface area (Å²) in [5.74, 6) is 0.781. The number of morpholine rings is 1. The number of nitrogens with zero attached hydrogens (tertiary/aromatic N) is 3. The van der Waals surface area contributed by atoms with Crippen LogP contribution in [0.15, 0.2) is 30.6 Å². The van der Waals surface area contributed by atoms with Crippen molar-refractivity contribution in [3.8, 4) is 5.75 Å². The minimum atomic E-state index is -0.633. The number of fused-ring (bicyclic) bond motifs is 1. The predicted molar refractivity (Wildman–Crippen MR) is 134 cm³/mol. The molecule has 4 rings (SSSR count). The van der Waals surface area contributed by atoms with E-state index >= 15 is 0 Å². The van der Waals surface area contributed by atoms with Gasteiger partial charge < -0.3 is 24.1 Å². The molecule has 0 spiro atoms. The van der Waals surface area contributed by atoms with Crippen LogP contribution >= 0.6 is 0 Å². The molecule has 182 valence electrons. The lowest BCUT2D eigenvalue weighted by atomic mass is 10.1. The molecule has 1 saturated heterocycles. The Kier molecular flexibility index (Phi) is 6.70. The molecular formula is C26H34N4O4. The summed E-state index contributed by atoms with van der Waals surface area (Å²) in [6.45, 7) is 12.7. The molecule has 0 bridgehead atoms. The number of carbonyl (C=O) groups excluding carboxylic acids is 1. The number of aromatic amines is 1. The molecule has 1 fully saturated rings. The first-order valence-electron chi connectivity index (χ1n) is 11.6. The van der Waals surface area contributed by atoms with Gasteiger partial charge in [-0.25, -0.2) is 4.79 Å². The molecule has 0 radical (unpaired) electrons. The number of methoxy groups -OCH3 is 1. The van der Waals surface area contributed by atoms with Gasteiger partial charge in [0.25, 0.3) is 0 Å². The second-order valence-corrected chi connectivity index (χ2v) is 9.62. The van der Waals surface area contributed by atoms with Crippen LogP contribution in [0, 0.1) is 13.8 Å². The van der Waals surface area contributed by atoms with Gasteiger partial charge in [-0.05, 0) is 52.8 Å². The Balaban J connectivity index is 1.80. The van der Waals surface area contributed by atoms with E-state index in [1.54, 1.807) is 18.2 Å². The van der Waals surface area contributed by atoms with Crippen LogP contribution in [0.5, 0.6) is 5.75 Å². The summed E-state index contributed by atoms with van der Waals surface area (Å²) < 4.78 is 17.0. The highest BCUT2D eigenvalue weighted by Crippen LogP contribution is 2.35. The molecule has 0 atom stereocenters. The normalized spacial score (nSPS) is 14.4. The van der Waals surface area contributed by atoms with E-state index in [2.05, 4.69) is 27.0 Å². The van der Waals surface area contributed by atoms with Crippen molar-refractivity contribution in [2.75, 3.05) is 43.2 Å². The number of rotatable bonds is 5. The number of nitrogens with one attached hydrogen (secondary N) is 1. The lowest BCUT2D eigenvalue weighted by molar-refractivity contribution is 0.0577. The summed E-state index contributed by atoms with van der Waals surface area (Å²) in [5.41, 5.74) is 4.75. The van der Waals surface area contributed by atoms with Gasteiger partial charge in [0.2, 0.25) is 0 Å². The molecule has 1 aliphatic heterocycles.